The van der Waals surface area contributed by atoms with E-state index in [1.165, 1.54) is 25.2 Å². The van der Waals surface area contributed by atoms with Gasteiger partial charge in [0.05, 0.1) is 0 Å². The Morgan fingerprint density at radius 3 is 2.52 bits per heavy atom. The molecule has 0 aliphatic heterocycles. The van der Waals surface area contributed by atoms with E-state index in [1.807, 2.05) is 56.3 Å². The maximum Gasteiger partial charge on any atom is 0.347 e. The van der Waals surface area contributed by atoms with Gasteiger partial charge in [0.25, 0.3) is 10.0 Å². The quantitative estimate of drug-likeness (QED) is 0.385. The zero-order chi connectivity index (χ0) is 24.2. The fourth-order valence-corrected chi connectivity index (χ4v) is 7.15. The maximum atomic E-state index is 13.5. The molecule has 33 heavy (non-hydrogen) atoms. The molecule has 0 aliphatic rings. The molecule has 0 saturated carbocycles. The van der Waals surface area contributed by atoms with Crippen LogP contribution in [0.25, 0.3) is 10.1 Å². The summed E-state index contributed by atoms with van der Waals surface area (Å²) in [6.45, 7) is 7.74. The van der Waals surface area contributed by atoms with Gasteiger partial charge in [-0.15, -0.1) is 11.3 Å². The number of hydrogen-bond donors (Lipinski definition) is 1. The first-order chi connectivity index (χ1) is 15.6. The van der Waals surface area contributed by atoms with Crippen LogP contribution in [0.4, 0.5) is 0 Å². The highest BCUT2D eigenvalue weighted by molar-refractivity contribution is 7.91. The van der Waals surface area contributed by atoms with Gasteiger partial charge < -0.3 is 9.84 Å². The van der Waals surface area contributed by atoms with Crippen LogP contribution in [0.2, 0.25) is 0 Å². The number of carbonyl (C=O) groups is 1. The molecule has 0 amide bonds. The molecule has 0 radical (unpaired) electrons. The van der Waals surface area contributed by atoms with Crippen LogP contribution < -0.4 is 4.74 Å². The highest BCUT2D eigenvalue weighted by Gasteiger charge is 2.30. The normalized spacial score (nSPS) is 12.4. The highest BCUT2D eigenvalue weighted by Crippen LogP contribution is 2.35. The van der Waals surface area contributed by atoms with Crippen molar-refractivity contribution in [3.05, 3.63) is 59.7 Å². The summed E-state index contributed by atoms with van der Waals surface area (Å²) in [5.41, 5.74) is 0.454. The Morgan fingerprint density at radius 1 is 1.12 bits per heavy atom. The van der Waals surface area contributed by atoms with Crippen molar-refractivity contribution in [2.45, 2.75) is 56.8 Å². The van der Waals surface area contributed by atoms with E-state index in [4.69, 9.17) is 4.74 Å². The lowest BCUT2D eigenvalue weighted by molar-refractivity contribution is -0.152. The molecule has 0 spiro atoms. The number of fused-ring (bicyclic) bond motifs is 1. The summed E-state index contributed by atoms with van der Waals surface area (Å²) >= 11 is 1.33. The average molecular weight is 490 g/mol. The fourth-order valence-electron chi connectivity index (χ4n) is 3.68. The Bertz CT molecular complexity index is 1230. The molecule has 1 heterocycles. The number of hydrogen-bond acceptors (Lipinski definition) is 5. The van der Waals surface area contributed by atoms with E-state index in [1.54, 1.807) is 10.4 Å². The zero-order valence-corrected chi connectivity index (χ0v) is 21.1. The molecular formula is C25H31NO5S2. The third-order valence-corrected chi connectivity index (χ3v) is 9.28. The van der Waals surface area contributed by atoms with Crippen LogP contribution in [0.1, 0.15) is 44.7 Å². The van der Waals surface area contributed by atoms with Crippen molar-refractivity contribution in [3.63, 3.8) is 0 Å². The standard InChI is InChI=1S/C25H31NO5S2/c1-5-15-26(33(29,30)23-18(2)21-13-6-7-14-22(21)32-23)16-9-11-19-10-8-12-20(17-19)31-25(3,4)24(27)28/h6-8,10,12-14,17H,5,9,11,15-16H2,1-4H3,(H,27,28). The number of thiophene rings is 1. The number of aliphatic carboxylic acids is 1. The first kappa shape index (κ1) is 25.2. The van der Waals surface area contributed by atoms with Gasteiger partial charge in [-0.3, -0.25) is 0 Å². The molecule has 3 aromatic rings. The minimum absolute atomic E-state index is 0.412. The smallest absolute Gasteiger partial charge is 0.347 e. The van der Waals surface area contributed by atoms with Crippen LogP contribution in [-0.4, -0.2) is 42.5 Å². The number of sulfonamides is 1. The van der Waals surface area contributed by atoms with E-state index in [-0.39, 0.29) is 0 Å². The Balaban J connectivity index is 1.73. The number of nitrogens with zero attached hydrogens (tertiary/aromatic N) is 1. The van der Waals surface area contributed by atoms with Crippen LogP contribution >= 0.6 is 11.3 Å². The summed E-state index contributed by atoms with van der Waals surface area (Å²) in [4.78, 5) is 11.3. The fraction of sp³-hybridized carbons (Fsp3) is 0.400. The van der Waals surface area contributed by atoms with Crippen LogP contribution in [0.5, 0.6) is 5.75 Å². The van der Waals surface area contributed by atoms with E-state index in [9.17, 15) is 18.3 Å². The number of carboxylic acid groups (broad SMARTS) is 1. The number of benzene rings is 2. The average Bonchev–Trinajstić information content (AvgIpc) is 3.10. The Hall–Kier alpha value is -2.42. The largest absolute Gasteiger partial charge is 0.478 e. The van der Waals surface area contributed by atoms with Crippen LogP contribution in [0, 0.1) is 6.92 Å². The summed E-state index contributed by atoms with van der Waals surface area (Å²) in [6.07, 6.45) is 2.04. The molecule has 0 fully saturated rings. The molecule has 0 unspecified atom stereocenters. The molecule has 1 aromatic heterocycles. The van der Waals surface area contributed by atoms with Crippen molar-refractivity contribution < 1.29 is 23.1 Å². The Labute approximate surface area is 199 Å². The summed E-state index contributed by atoms with van der Waals surface area (Å²) < 4.78 is 35.6. The minimum atomic E-state index is -3.59. The lowest BCUT2D eigenvalue weighted by atomic mass is 10.1. The van der Waals surface area contributed by atoms with Crippen molar-refractivity contribution in [2.24, 2.45) is 0 Å². The Kier molecular flexibility index (Phi) is 7.82. The van der Waals surface area contributed by atoms with E-state index in [0.29, 0.717) is 35.9 Å². The lowest BCUT2D eigenvalue weighted by Crippen LogP contribution is -2.37. The molecule has 2 aromatic carbocycles. The number of ether oxygens (including phenoxy) is 1. The molecule has 6 nitrogen and oxygen atoms in total. The van der Waals surface area contributed by atoms with Crippen molar-refractivity contribution in [3.8, 4) is 5.75 Å². The van der Waals surface area contributed by atoms with Gasteiger partial charge in [0.1, 0.15) is 9.96 Å². The minimum Gasteiger partial charge on any atom is -0.478 e. The Morgan fingerprint density at radius 2 is 1.85 bits per heavy atom. The zero-order valence-electron chi connectivity index (χ0n) is 19.5. The van der Waals surface area contributed by atoms with Gasteiger partial charge in [-0.1, -0.05) is 37.3 Å². The van der Waals surface area contributed by atoms with Crippen LogP contribution in [0.3, 0.4) is 0 Å². The van der Waals surface area contributed by atoms with Crippen molar-refractivity contribution in [1.29, 1.82) is 0 Å². The molecular weight excluding hydrogens is 458 g/mol. The topological polar surface area (TPSA) is 83.9 Å². The van der Waals surface area contributed by atoms with Gasteiger partial charge in [-0.25, -0.2) is 13.2 Å². The van der Waals surface area contributed by atoms with Gasteiger partial charge in [0, 0.05) is 17.8 Å². The van der Waals surface area contributed by atoms with Gasteiger partial charge in [-0.05, 0) is 74.7 Å². The molecule has 178 valence electrons. The molecule has 0 atom stereocenters. The summed E-state index contributed by atoms with van der Waals surface area (Å²) in [5.74, 6) is -0.552. The predicted octanol–water partition coefficient (Wildman–Crippen LogP) is 5.49. The second-order valence-electron chi connectivity index (χ2n) is 8.58. The van der Waals surface area contributed by atoms with Crippen molar-refractivity contribution >= 4 is 37.4 Å². The number of aryl methyl sites for hydroxylation is 2. The second kappa shape index (κ2) is 10.2. The third kappa shape index (κ3) is 5.75. The van der Waals surface area contributed by atoms with Gasteiger partial charge in [0.15, 0.2) is 5.60 Å². The SMILES string of the molecule is CCCN(CCCc1cccc(OC(C)(C)C(=O)O)c1)S(=O)(=O)c1sc2ccccc2c1C. The van der Waals surface area contributed by atoms with Gasteiger partial charge >= 0.3 is 5.97 Å². The van der Waals surface area contributed by atoms with E-state index in [2.05, 4.69) is 0 Å². The molecule has 1 N–H and O–H groups in total. The summed E-state index contributed by atoms with van der Waals surface area (Å²) in [6, 6.07) is 15.1. The van der Waals surface area contributed by atoms with Crippen LogP contribution in [-0.2, 0) is 21.2 Å². The first-order valence-electron chi connectivity index (χ1n) is 11.1. The monoisotopic (exact) mass is 489 g/mol. The molecule has 8 heteroatoms. The van der Waals surface area contributed by atoms with E-state index >= 15 is 0 Å². The van der Waals surface area contributed by atoms with E-state index < -0.39 is 21.6 Å². The second-order valence-corrected chi connectivity index (χ2v) is 11.8. The van der Waals surface area contributed by atoms with Crippen LogP contribution in [0.15, 0.2) is 52.7 Å². The molecule has 0 bridgehead atoms. The van der Waals surface area contributed by atoms with Gasteiger partial charge in [0.2, 0.25) is 0 Å². The maximum absolute atomic E-state index is 13.5. The van der Waals surface area contributed by atoms with Crippen molar-refractivity contribution in [2.75, 3.05) is 13.1 Å². The summed E-state index contributed by atoms with van der Waals surface area (Å²) in [7, 11) is -3.59. The predicted molar refractivity (Wildman–Crippen MR) is 133 cm³/mol. The van der Waals surface area contributed by atoms with Crippen molar-refractivity contribution in [1.82, 2.24) is 4.31 Å². The number of carboxylic acids is 1. The lowest BCUT2D eigenvalue weighted by Gasteiger charge is -2.22. The molecule has 3 rings (SSSR count). The van der Waals surface area contributed by atoms with E-state index in [0.717, 1.165) is 27.6 Å². The highest BCUT2D eigenvalue weighted by atomic mass is 32.2. The number of rotatable bonds is 11. The van der Waals surface area contributed by atoms with Gasteiger partial charge in [-0.2, -0.15) is 4.31 Å². The summed E-state index contributed by atoms with van der Waals surface area (Å²) in [5, 5.41) is 10.3. The first-order valence-corrected chi connectivity index (χ1v) is 13.3. The third-order valence-electron chi connectivity index (χ3n) is 5.51. The molecule has 0 aliphatic carbocycles. The molecule has 0 saturated heterocycles.